The molecule has 1 amide bonds. The van der Waals surface area contributed by atoms with Crippen molar-refractivity contribution in [3.63, 3.8) is 0 Å². The van der Waals surface area contributed by atoms with Gasteiger partial charge in [-0.2, -0.15) is 17.4 Å². The summed E-state index contributed by atoms with van der Waals surface area (Å²) in [5.41, 5.74) is 0. The lowest BCUT2D eigenvalue weighted by Crippen LogP contribution is -2.53. The van der Waals surface area contributed by atoms with E-state index in [0.717, 1.165) is 32.4 Å². The van der Waals surface area contributed by atoms with Gasteiger partial charge in [0.15, 0.2) is 0 Å². The van der Waals surface area contributed by atoms with E-state index < -0.39 is 10.2 Å². The smallest absolute Gasteiger partial charge is 0.280 e. The molecule has 0 bridgehead atoms. The monoisotopic (exact) mass is 319 g/mol. The molecule has 21 heavy (non-hydrogen) atoms. The van der Waals surface area contributed by atoms with Gasteiger partial charge < -0.3 is 9.64 Å². The number of ether oxygens (including phenoxy) is 1. The van der Waals surface area contributed by atoms with E-state index in [2.05, 4.69) is 4.72 Å². The van der Waals surface area contributed by atoms with Crippen LogP contribution >= 0.6 is 0 Å². The van der Waals surface area contributed by atoms with Gasteiger partial charge in [-0.15, -0.1) is 0 Å². The molecule has 0 aliphatic carbocycles. The molecule has 2 aliphatic heterocycles. The number of hydrogen-bond acceptors (Lipinski definition) is 4. The molecule has 0 aromatic rings. The topological polar surface area (TPSA) is 79.0 Å². The number of likely N-dealkylation sites (tertiary alicyclic amines) is 1. The Balaban J connectivity index is 1.87. The van der Waals surface area contributed by atoms with E-state index in [1.807, 2.05) is 13.8 Å². The molecule has 2 atom stereocenters. The number of nitrogens with zero attached hydrogens (tertiary/aromatic N) is 2. The third-order valence-corrected chi connectivity index (χ3v) is 5.33. The highest BCUT2D eigenvalue weighted by molar-refractivity contribution is 7.87. The van der Waals surface area contributed by atoms with Crippen LogP contribution < -0.4 is 4.72 Å². The molecule has 2 rings (SSSR count). The maximum atomic E-state index is 12.3. The van der Waals surface area contributed by atoms with Crippen LogP contribution in [0, 0.1) is 0 Å². The summed E-state index contributed by atoms with van der Waals surface area (Å²) in [5, 5.41) is 0. The normalized spacial score (nSPS) is 28.6. The third kappa shape index (κ3) is 4.64. The minimum atomic E-state index is -3.63. The van der Waals surface area contributed by atoms with Gasteiger partial charge in [0, 0.05) is 26.2 Å². The summed E-state index contributed by atoms with van der Waals surface area (Å²) >= 11 is 0. The summed E-state index contributed by atoms with van der Waals surface area (Å²) in [6, 6.07) is 0. The van der Waals surface area contributed by atoms with Crippen LogP contribution in [0.4, 0.5) is 0 Å². The van der Waals surface area contributed by atoms with Crippen molar-refractivity contribution < 1.29 is 17.9 Å². The molecule has 8 heteroatoms. The molecule has 1 N–H and O–H groups in total. The number of nitrogens with one attached hydrogen (secondary N) is 1. The predicted molar refractivity (Wildman–Crippen MR) is 78.9 cm³/mol. The Morgan fingerprint density at radius 3 is 2.29 bits per heavy atom. The fourth-order valence-corrected chi connectivity index (χ4v) is 4.13. The standard InChI is InChI=1S/C13H25N3O4S/c1-11-9-16(10-12(2)20-11)21(18,19)14-8-13(17)15-6-4-3-5-7-15/h11-12,14H,3-10H2,1-2H3/t11-,12+. The Morgan fingerprint density at radius 1 is 1.14 bits per heavy atom. The molecule has 0 unspecified atom stereocenters. The van der Waals surface area contributed by atoms with E-state index >= 15 is 0 Å². The molecular formula is C13H25N3O4S. The number of rotatable bonds is 4. The summed E-state index contributed by atoms with van der Waals surface area (Å²) in [4.78, 5) is 13.7. The molecule has 0 saturated carbocycles. The summed E-state index contributed by atoms with van der Waals surface area (Å²) in [5.74, 6) is -0.146. The first-order valence-electron chi connectivity index (χ1n) is 7.56. The molecule has 2 saturated heterocycles. The second-order valence-corrected chi connectivity index (χ2v) is 7.60. The average molecular weight is 319 g/mol. The number of piperidine rings is 1. The summed E-state index contributed by atoms with van der Waals surface area (Å²) in [6.07, 6.45) is 2.86. The van der Waals surface area contributed by atoms with Crippen molar-refractivity contribution in [3.8, 4) is 0 Å². The van der Waals surface area contributed by atoms with Gasteiger partial charge in [-0.05, 0) is 33.1 Å². The van der Waals surface area contributed by atoms with Gasteiger partial charge >= 0.3 is 0 Å². The molecule has 7 nitrogen and oxygen atoms in total. The second-order valence-electron chi connectivity index (χ2n) is 5.84. The van der Waals surface area contributed by atoms with Gasteiger partial charge in [0.2, 0.25) is 5.91 Å². The lowest BCUT2D eigenvalue weighted by atomic mass is 10.1. The predicted octanol–water partition coefficient (Wildman–Crippen LogP) is -0.0575. The van der Waals surface area contributed by atoms with Crippen LogP contribution in [0.1, 0.15) is 33.1 Å². The van der Waals surface area contributed by atoms with Crippen molar-refractivity contribution in [2.45, 2.75) is 45.3 Å². The van der Waals surface area contributed by atoms with Crippen LogP contribution in [0.25, 0.3) is 0 Å². The minimum absolute atomic E-state index is 0.136. The Morgan fingerprint density at radius 2 is 1.71 bits per heavy atom. The molecule has 0 radical (unpaired) electrons. The Hall–Kier alpha value is -0.700. The highest BCUT2D eigenvalue weighted by Gasteiger charge is 2.31. The quantitative estimate of drug-likeness (QED) is 0.787. The number of amides is 1. The molecule has 0 aromatic heterocycles. The van der Waals surface area contributed by atoms with Crippen molar-refractivity contribution in [3.05, 3.63) is 0 Å². The molecule has 2 heterocycles. The molecule has 0 aromatic carbocycles. The average Bonchev–Trinajstić information content (AvgIpc) is 2.45. The summed E-state index contributed by atoms with van der Waals surface area (Å²) < 4.78 is 33.8. The van der Waals surface area contributed by atoms with Crippen LogP contribution in [-0.2, 0) is 19.7 Å². The zero-order valence-corrected chi connectivity index (χ0v) is 13.6. The van der Waals surface area contributed by atoms with E-state index in [1.54, 1.807) is 4.90 Å². The van der Waals surface area contributed by atoms with Gasteiger partial charge in [0.1, 0.15) is 0 Å². The largest absolute Gasteiger partial charge is 0.373 e. The first kappa shape index (κ1) is 16.7. The third-order valence-electron chi connectivity index (χ3n) is 3.84. The highest BCUT2D eigenvalue weighted by Crippen LogP contribution is 2.13. The molecule has 2 aliphatic rings. The maximum absolute atomic E-state index is 12.3. The SMILES string of the molecule is C[C@@H]1CN(S(=O)(=O)NCC(=O)N2CCCCC2)C[C@H](C)O1. The van der Waals surface area contributed by atoms with Gasteiger partial charge in [-0.3, -0.25) is 4.79 Å². The Labute approximate surface area is 126 Å². The van der Waals surface area contributed by atoms with Crippen LogP contribution in [0.3, 0.4) is 0 Å². The molecule has 122 valence electrons. The highest BCUT2D eigenvalue weighted by atomic mass is 32.2. The zero-order valence-electron chi connectivity index (χ0n) is 12.7. The van der Waals surface area contributed by atoms with Gasteiger partial charge in [-0.25, -0.2) is 0 Å². The van der Waals surface area contributed by atoms with Gasteiger partial charge in [0.25, 0.3) is 10.2 Å². The van der Waals surface area contributed by atoms with Crippen molar-refractivity contribution >= 4 is 16.1 Å². The van der Waals surface area contributed by atoms with Gasteiger partial charge in [-0.1, -0.05) is 0 Å². The Kier molecular flexibility index (Phi) is 5.59. The zero-order chi connectivity index (χ0) is 15.5. The van der Waals surface area contributed by atoms with Crippen LogP contribution in [0.15, 0.2) is 0 Å². The van der Waals surface area contributed by atoms with Crippen molar-refractivity contribution in [1.29, 1.82) is 0 Å². The van der Waals surface area contributed by atoms with Crippen molar-refractivity contribution in [2.75, 3.05) is 32.7 Å². The van der Waals surface area contributed by atoms with E-state index in [9.17, 15) is 13.2 Å². The first-order valence-corrected chi connectivity index (χ1v) is 9.00. The number of carbonyl (C=O) groups excluding carboxylic acids is 1. The Bertz CT molecular complexity index is 452. The van der Waals surface area contributed by atoms with Crippen molar-refractivity contribution in [1.82, 2.24) is 13.9 Å². The van der Waals surface area contributed by atoms with Gasteiger partial charge in [0.05, 0.1) is 18.8 Å². The van der Waals surface area contributed by atoms with Crippen LogP contribution in [0.2, 0.25) is 0 Å². The van der Waals surface area contributed by atoms with Crippen LogP contribution in [-0.4, -0.2) is 68.5 Å². The number of hydrogen-bond donors (Lipinski definition) is 1. The summed E-state index contributed by atoms with van der Waals surface area (Å²) in [6.45, 7) is 5.62. The van der Waals surface area contributed by atoms with Crippen molar-refractivity contribution in [2.24, 2.45) is 0 Å². The van der Waals surface area contributed by atoms with E-state index in [-0.39, 0.29) is 24.7 Å². The lowest BCUT2D eigenvalue weighted by molar-refractivity contribution is -0.130. The molecular weight excluding hydrogens is 294 g/mol. The molecule has 2 fully saturated rings. The lowest BCUT2D eigenvalue weighted by Gasteiger charge is -2.34. The van der Waals surface area contributed by atoms with E-state index in [4.69, 9.17) is 4.74 Å². The van der Waals surface area contributed by atoms with E-state index in [0.29, 0.717) is 13.1 Å². The number of carbonyl (C=O) groups is 1. The fourth-order valence-electron chi connectivity index (χ4n) is 2.83. The minimum Gasteiger partial charge on any atom is -0.373 e. The van der Waals surface area contributed by atoms with Crippen LogP contribution in [0.5, 0.6) is 0 Å². The molecule has 0 spiro atoms. The fraction of sp³-hybridized carbons (Fsp3) is 0.923. The van der Waals surface area contributed by atoms with E-state index in [1.165, 1.54) is 4.31 Å². The number of morpholine rings is 1. The first-order chi connectivity index (χ1) is 9.88. The summed E-state index contributed by atoms with van der Waals surface area (Å²) in [7, 11) is -3.63. The maximum Gasteiger partial charge on any atom is 0.280 e. The second kappa shape index (κ2) is 7.04.